The molecule has 1 aliphatic rings. The first kappa shape index (κ1) is 16.5. The van der Waals surface area contributed by atoms with Gasteiger partial charge in [0.25, 0.3) is 0 Å². The van der Waals surface area contributed by atoms with Gasteiger partial charge < -0.3 is 10.2 Å². The molecule has 112 valence electrons. The van der Waals surface area contributed by atoms with E-state index in [2.05, 4.69) is 17.1 Å². The van der Waals surface area contributed by atoms with E-state index in [0.29, 0.717) is 6.04 Å². The fourth-order valence-corrected chi connectivity index (χ4v) is 2.96. The number of piperidine rings is 1. The van der Waals surface area contributed by atoms with E-state index >= 15 is 0 Å². The lowest BCUT2D eigenvalue weighted by atomic mass is 10.0. The van der Waals surface area contributed by atoms with Crippen LogP contribution < -0.4 is 5.32 Å². The molecule has 0 radical (unpaired) electrons. The molecule has 0 unspecified atom stereocenters. The largest absolute Gasteiger partial charge is 0.352 e. The number of hydrogen-bond donors (Lipinski definition) is 1. The van der Waals surface area contributed by atoms with Gasteiger partial charge in [-0.15, -0.1) is 0 Å². The summed E-state index contributed by atoms with van der Waals surface area (Å²) in [6.07, 6.45) is 12.0. The topological polar surface area (TPSA) is 32.3 Å². The first-order valence-electron chi connectivity index (χ1n) is 8.22. The summed E-state index contributed by atoms with van der Waals surface area (Å²) in [7, 11) is 0. The van der Waals surface area contributed by atoms with E-state index in [-0.39, 0.29) is 5.91 Å². The van der Waals surface area contributed by atoms with Gasteiger partial charge in [0.1, 0.15) is 0 Å². The van der Waals surface area contributed by atoms with Gasteiger partial charge in [-0.3, -0.25) is 4.79 Å². The van der Waals surface area contributed by atoms with E-state index in [1.165, 1.54) is 64.5 Å². The zero-order chi connectivity index (χ0) is 13.9. The summed E-state index contributed by atoms with van der Waals surface area (Å²) in [5, 5.41) is 3.06. The van der Waals surface area contributed by atoms with Gasteiger partial charge in [0.2, 0.25) is 5.91 Å². The van der Waals surface area contributed by atoms with Gasteiger partial charge in [-0.05, 0) is 32.4 Å². The molecule has 1 aliphatic heterocycles. The van der Waals surface area contributed by atoms with Gasteiger partial charge in [0.05, 0.1) is 0 Å². The van der Waals surface area contributed by atoms with E-state index < -0.39 is 0 Å². The maximum Gasteiger partial charge on any atom is 0.217 e. The summed E-state index contributed by atoms with van der Waals surface area (Å²) in [6, 6.07) is 0.385. The predicted molar refractivity (Wildman–Crippen MR) is 81.3 cm³/mol. The molecule has 1 amide bonds. The summed E-state index contributed by atoms with van der Waals surface area (Å²) in [6.45, 7) is 7.36. The van der Waals surface area contributed by atoms with Crippen molar-refractivity contribution in [1.29, 1.82) is 0 Å². The van der Waals surface area contributed by atoms with Gasteiger partial charge >= 0.3 is 0 Å². The molecule has 1 heterocycles. The van der Waals surface area contributed by atoms with E-state index in [1.54, 1.807) is 6.92 Å². The van der Waals surface area contributed by atoms with E-state index in [1.807, 2.05) is 0 Å². The second-order valence-electron chi connectivity index (χ2n) is 5.96. The first-order valence-corrected chi connectivity index (χ1v) is 8.22. The molecule has 1 rings (SSSR count). The normalized spacial score (nSPS) is 20.4. The highest BCUT2D eigenvalue weighted by Crippen LogP contribution is 2.12. The number of amides is 1. The molecular weight excluding hydrogens is 236 g/mol. The quantitative estimate of drug-likeness (QED) is 0.651. The van der Waals surface area contributed by atoms with Crippen LogP contribution in [-0.4, -0.2) is 36.5 Å². The van der Waals surface area contributed by atoms with Crippen LogP contribution in [0.15, 0.2) is 0 Å². The van der Waals surface area contributed by atoms with Crippen LogP contribution in [0.3, 0.4) is 0 Å². The maximum atomic E-state index is 11.1. The van der Waals surface area contributed by atoms with Crippen LogP contribution >= 0.6 is 0 Å². The SMILES string of the molecule is CCCCCCCCCN1CCC[C@@H](NC(C)=O)C1. The Bertz CT molecular complexity index is 243. The Kier molecular flexibility index (Phi) is 8.89. The molecule has 0 saturated carbocycles. The molecule has 0 aliphatic carbocycles. The van der Waals surface area contributed by atoms with Gasteiger partial charge in [-0.1, -0.05) is 45.4 Å². The number of carbonyl (C=O) groups excluding carboxylic acids is 1. The minimum absolute atomic E-state index is 0.114. The van der Waals surface area contributed by atoms with Crippen molar-refractivity contribution in [3.8, 4) is 0 Å². The standard InChI is InChI=1S/C16H32N2O/c1-3-4-5-6-7-8-9-12-18-13-10-11-16(14-18)17-15(2)19/h16H,3-14H2,1-2H3,(H,17,19)/t16-/m1/s1. The maximum absolute atomic E-state index is 11.1. The molecule has 1 fully saturated rings. The Morgan fingerprint density at radius 2 is 1.84 bits per heavy atom. The minimum atomic E-state index is 0.114. The zero-order valence-electron chi connectivity index (χ0n) is 12.9. The number of unbranched alkanes of at least 4 members (excludes halogenated alkanes) is 6. The lowest BCUT2D eigenvalue weighted by Crippen LogP contribution is -2.47. The molecule has 1 atom stereocenters. The van der Waals surface area contributed by atoms with Crippen LogP contribution in [0.2, 0.25) is 0 Å². The van der Waals surface area contributed by atoms with Crippen LogP contribution in [0.1, 0.15) is 71.6 Å². The highest BCUT2D eigenvalue weighted by molar-refractivity contribution is 5.73. The summed E-state index contributed by atoms with van der Waals surface area (Å²) < 4.78 is 0. The van der Waals surface area contributed by atoms with Crippen molar-refractivity contribution in [2.75, 3.05) is 19.6 Å². The molecule has 3 nitrogen and oxygen atoms in total. The molecule has 0 spiro atoms. The Balaban J connectivity index is 2.01. The smallest absolute Gasteiger partial charge is 0.217 e. The number of likely N-dealkylation sites (tertiary alicyclic amines) is 1. The fourth-order valence-electron chi connectivity index (χ4n) is 2.96. The molecule has 0 aromatic rings. The van der Waals surface area contributed by atoms with Crippen LogP contribution in [0.25, 0.3) is 0 Å². The predicted octanol–water partition coefficient (Wildman–Crippen LogP) is 3.34. The van der Waals surface area contributed by atoms with Crippen molar-refractivity contribution in [3.63, 3.8) is 0 Å². The van der Waals surface area contributed by atoms with Crippen molar-refractivity contribution in [3.05, 3.63) is 0 Å². The van der Waals surface area contributed by atoms with Crippen molar-refractivity contribution < 1.29 is 4.79 Å². The van der Waals surface area contributed by atoms with Crippen molar-refractivity contribution in [1.82, 2.24) is 10.2 Å². The minimum Gasteiger partial charge on any atom is -0.352 e. The number of nitrogens with one attached hydrogen (secondary N) is 1. The van der Waals surface area contributed by atoms with Crippen LogP contribution in [-0.2, 0) is 4.79 Å². The van der Waals surface area contributed by atoms with Crippen LogP contribution in [0.4, 0.5) is 0 Å². The molecule has 3 heteroatoms. The number of nitrogens with zero attached hydrogens (tertiary/aromatic N) is 1. The number of carbonyl (C=O) groups is 1. The highest BCUT2D eigenvalue weighted by Gasteiger charge is 2.19. The molecule has 1 saturated heterocycles. The van der Waals surface area contributed by atoms with E-state index in [9.17, 15) is 4.79 Å². The lowest BCUT2D eigenvalue weighted by molar-refractivity contribution is -0.120. The number of rotatable bonds is 9. The molecule has 19 heavy (non-hydrogen) atoms. The molecule has 0 aromatic heterocycles. The summed E-state index contributed by atoms with van der Waals surface area (Å²) in [4.78, 5) is 13.6. The zero-order valence-corrected chi connectivity index (χ0v) is 12.9. The summed E-state index contributed by atoms with van der Waals surface area (Å²) in [5.41, 5.74) is 0. The molecular formula is C16H32N2O. The van der Waals surface area contributed by atoms with Gasteiger partial charge in [-0.2, -0.15) is 0 Å². The third-order valence-corrected chi connectivity index (χ3v) is 3.99. The van der Waals surface area contributed by atoms with Crippen LogP contribution in [0, 0.1) is 0 Å². The molecule has 1 N–H and O–H groups in total. The van der Waals surface area contributed by atoms with Crippen LogP contribution in [0.5, 0.6) is 0 Å². The van der Waals surface area contributed by atoms with E-state index in [4.69, 9.17) is 0 Å². The van der Waals surface area contributed by atoms with E-state index in [0.717, 1.165) is 13.0 Å². The Labute approximate surface area is 119 Å². The summed E-state index contributed by atoms with van der Waals surface area (Å²) >= 11 is 0. The highest BCUT2D eigenvalue weighted by atomic mass is 16.1. The number of hydrogen-bond acceptors (Lipinski definition) is 2. The van der Waals surface area contributed by atoms with Gasteiger partial charge in [0.15, 0.2) is 0 Å². The van der Waals surface area contributed by atoms with Crippen molar-refractivity contribution >= 4 is 5.91 Å². The fraction of sp³-hybridized carbons (Fsp3) is 0.938. The second-order valence-corrected chi connectivity index (χ2v) is 5.96. The average Bonchev–Trinajstić information content (AvgIpc) is 2.37. The Morgan fingerprint density at radius 3 is 2.53 bits per heavy atom. The van der Waals surface area contributed by atoms with Crippen molar-refractivity contribution in [2.45, 2.75) is 77.7 Å². The Hall–Kier alpha value is -0.570. The third kappa shape index (κ3) is 8.25. The molecule has 0 bridgehead atoms. The van der Waals surface area contributed by atoms with Crippen molar-refractivity contribution in [2.24, 2.45) is 0 Å². The Morgan fingerprint density at radius 1 is 1.16 bits per heavy atom. The second kappa shape index (κ2) is 10.2. The average molecular weight is 268 g/mol. The summed E-state index contributed by atoms with van der Waals surface area (Å²) in [5.74, 6) is 0.114. The molecule has 0 aromatic carbocycles. The first-order chi connectivity index (χ1) is 9.22. The van der Waals surface area contributed by atoms with Gasteiger partial charge in [0, 0.05) is 19.5 Å². The third-order valence-electron chi connectivity index (χ3n) is 3.99. The lowest BCUT2D eigenvalue weighted by Gasteiger charge is -2.32. The van der Waals surface area contributed by atoms with Gasteiger partial charge in [-0.25, -0.2) is 0 Å². The monoisotopic (exact) mass is 268 g/mol.